The molecule has 84 valence electrons. The number of aryl methyl sites for hydroxylation is 1. The van der Waals surface area contributed by atoms with Crippen LogP contribution in [0.3, 0.4) is 0 Å². The topological polar surface area (TPSA) is 62.2 Å². The standard InChI is InChI=1S/C10H16N2O2S/c1-6(2)9(10(13)14)11-4-8-5-15-7(3)12-8/h5-6,9,11H,4H2,1-3H3,(H,13,14). The fourth-order valence-electron chi connectivity index (χ4n) is 1.31. The molecule has 1 unspecified atom stereocenters. The molecule has 0 aromatic carbocycles. The van der Waals surface area contributed by atoms with E-state index in [4.69, 9.17) is 5.11 Å². The summed E-state index contributed by atoms with van der Waals surface area (Å²) in [7, 11) is 0. The van der Waals surface area contributed by atoms with Crippen molar-refractivity contribution >= 4 is 17.3 Å². The molecule has 15 heavy (non-hydrogen) atoms. The summed E-state index contributed by atoms with van der Waals surface area (Å²) in [5.41, 5.74) is 0.907. The smallest absolute Gasteiger partial charge is 0.320 e. The molecule has 1 heterocycles. The molecule has 0 aliphatic rings. The van der Waals surface area contributed by atoms with Crippen LogP contribution in [-0.2, 0) is 11.3 Å². The highest BCUT2D eigenvalue weighted by Crippen LogP contribution is 2.09. The second-order valence-electron chi connectivity index (χ2n) is 3.80. The Balaban J connectivity index is 2.50. The van der Waals surface area contributed by atoms with Crippen LogP contribution in [0.25, 0.3) is 0 Å². The lowest BCUT2D eigenvalue weighted by Crippen LogP contribution is -2.40. The van der Waals surface area contributed by atoms with Gasteiger partial charge in [0.1, 0.15) is 6.04 Å². The summed E-state index contributed by atoms with van der Waals surface area (Å²) < 4.78 is 0. The van der Waals surface area contributed by atoms with Crippen molar-refractivity contribution in [2.24, 2.45) is 5.92 Å². The lowest BCUT2D eigenvalue weighted by Gasteiger charge is -2.16. The van der Waals surface area contributed by atoms with E-state index in [1.807, 2.05) is 26.2 Å². The molecule has 1 atom stereocenters. The third-order valence-electron chi connectivity index (χ3n) is 2.10. The number of nitrogens with one attached hydrogen (secondary N) is 1. The van der Waals surface area contributed by atoms with E-state index in [1.54, 1.807) is 11.3 Å². The van der Waals surface area contributed by atoms with Gasteiger partial charge in [-0.05, 0) is 12.8 Å². The van der Waals surface area contributed by atoms with Gasteiger partial charge in [0.05, 0.1) is 10.7 Å². The van der Waals surface area contributed by atoms with E-state index < -0.39 is 12.0 Å². The van der Waals surface area contributed by atoms with Crippen molar-refractivity contribution in [3.8, 4) is 0 Å². The average molecular weight is 228 g/mol. The van der Waals surface area contributed by atoms with Gasteiger partial charge < -0.3 is 5.11 Å². The Morgan fingerprint density at radius 3 is 2.73 bits per heavy atom. The van der Waals surface area contributed by atoms with Crippen molar-refractivity contribution in [3.63, 3.8) is 0 Å². The van der Waals surface area contributed by atoms with Crippen LogP contribution in [0.1, 0.15) is 24.5 Å². The molecule has 2 N–H and O–H groups in total. The minimum atomic E-state index is -0.808. The summed E-state index contributed by atoms with van der Waals surface area (Å²) >= 11 is 1.57. The Morgan fingerprint density at radius 2 is 2.33 bits per heavy atom. The highest BCUT2D eigenvalue weighted by Gasteiger charge is 2.20. The molecule has 0 saturated carbocycles. The van der Waals surface area contributed by atoms with Gasteiger partial charge in [-0.3, -0.25) is 10.1 Å². The van der Waals surface area contributed by atoms with E-state index in [-0.39, 0.29) is 5.92 Å². The van der Waals surface area contributed by atoms with Crippen molar-refractivity contribution in [2.45, 2.75) is 33.4 Å². The van der Waals surface area contributed by atoms with E-state index in [9.17, 15) is 4.79 Å². The van der Waals surface area contributed by atoms with E-state index in [0.29, 0.717) is 6.54 Å². The molecule has 5 heteroatoms. The monoisotopic (exact) mass is 228 g/mol. The van der Waals surface area contributed by atoms with Gasteiger partial charge in [-0.1, -0.05) is 13.8 Å². The zero-order valence-electron chi connectivity index (χ0n) is 9.15. The molecule has 0 bridgehead atoms. The Labute approximate surface area is 93.4 Å². The van der Waals surface area contributed by atoms with Gasteiger partial charge in [-0.25, -0.2) is 4.98 Å². The second-order valence-corrected chi connectivity index (χ2v) is 4.86. The van der Waals surface area contributed by atoms with Gasteiger partial charge >= 0.3 is 5.97 Å². The lowest BCUT2D eigenvalue weighted by atomic mass is 10.1. The van der Waals surface area contributed by atoms with Crippen LogP contribution in [0.15, 0.2) is 5.38 Å². The molecule has 1 aromatic heterocycles. The van der Waals surface area contributed by atoms with Crippen molar-refractivity contribution in [2.75, 3.05) is 0 Å². The first-order chi connectivity index (χ1) is 7.00. The van der Waals surface area contributed by atoms with Crippen molar-refractivity contribution < 1.29 is 9.90 Å². The molecule has 0 spiro atoms. The number of carboxylic acid groups (broad SMARTS) is 1. The van der Waals surface area contributed by atoms with Crippen LogP contribution >= 0.6 is 11.3 Å². The zero-order chi connectivity index (χ0) is 11.4. The zero-order valence-corrected chi connectivity index (χ0v) is 9.97. The van der Waals surface area contributed by atoms with E-state index in [2.05, 4.69) is 10.3 Å². The Morgan fingerprint density at radius 1 is 1.67 bits per heavy atom. The van der Waals surface area contributed by atoms with Crippen LogP contribution in [0.2, 0.25) is 0 Å². The van der Waals surface area contributed by atoms with Gasteiger partial charge in [0.25, 0.3) is 0 Å². The molecule has 0 aliphatic carbocycles. The largest absolute Gasteiger partial charge is 0.480 e. The Kier molecular flexibility index (Phi) is 4.23. The molecule has 1 aromatic rings. The quantitative estimate of drug-likeness (QED) is 0.804. The number of hydrogen-bond acceptors (Lipinski definition) is 4. The minimum absolute atomic E-state index is 0.0715. The number of rotatable bonds is 5. The van der Waals surface area contributed by atoms with Crippen molar-refractivity contribution in [1.82, 2.24) is 10.3 Å². The molecule has 0 radical (unpaired) electrons. The number of aliphatic carboxylic acids is 1. The summed E-state index contributed by atoms with van der Waals surface area (Å²) in [6.45, 7) is 6.22. The molecule has 0 amide bonds. The molecule has 4 nitrogen and oxygen atoms in total. The fourth-order valence-corrected chi connectivity index (χ4v) is 1.92. The van der Waals surface area contributed by atoms with Crippen LogP contribution < -0.4 is 5.32 Å². The number of nitrogens with zero attached hydrogens (tertiary/aromatic N) is 1. The average Bonchev–Trinajstić information content (AvgIpc) is 2.50. The first-order valence-corrected chi connectivity index (χ1v) is 5.76. The van der Waals surface area contributed by atoms with Gasteiger partial charge in [0, 0.05) is 11.9 Å². The highest BCUT2D eigenvalue weighted by atomic mass is 32.1. The predicted octanol–water partition coefficient (Wildman–Crippen LogP) is 1.65. The predicted molar refractivity (Wildman–Crippen MR) is 60.0 cm³/mol. The first kappa shape index (κ1) is 12.1. The second kappa shape index (κ2) is 5.23. The first-order valence-electron chi connectivity index (χ1n) is 4.88. The summed E-state index contributed by atoms with van der Waals surface area (Å²) in [4.78, 5) is 15.2. The van der Waals surface area contributed by atoms with Crippen LogP contribution in [-0.4, -0.2) is 22.1 Å². The highest BCUT2D eigenvalue weighted by molar-refractivity contribution is 7.09. The SMILES string of the molecule is Cc1nc(CNC(C(=O)O)C(C)C)cs1. The number of carbonyl (C=O) groups is 1. The molecule has 0 saturated heterocycles. The number of hydrogen-bond donors (Lipinski definition) is 2. The van der Waals surface area contributed by atoms with Crippen molar-refractivity contribution in [1.29, 1.82) is 0 Å². The van der Waals surface area contributed by atoms with E-state index in [1.165, 1.54) is 0 Å². The number of carboxylic acids is 1. The maximum atomic E-state index is 10.9. The van der Waals surface area contributed by atoms with Gasteiger partial charge in [-0.15, -0.1) is 11.3 Å². The van der Waals surface area contributed by atoms with Crippen molar-refractivity contribution in [3.05, 3.63) is 16.1 Å². The molecule has 0 fully saturated rings. The summed E-state index contributed by atoms with van der Waals surface area (Å²) in [5.74, 6) is -0.737. The van der Waals surface area contributed by atoms with Crippen LogP contribution in [0.5, 0.6) is 0 Å². The van der Waals surface area contributed by atoms with Gasteiger partial charge in [-0.2, -0.15) is 0 Å². The number of thiazole rings is 1. The maximum Gasteiger partial charge on any atom is 0.320 e. The lowest BCUT2D eigenvalue weighted by molar-refractivity contribution is -0.140. The Bertz CT molecular complexity index is 336. The third-order valence-corrected chi connectivity index (χ3v) is 2.92. The van der Waals surface area contributed by atoms with Crippen LogP contribution in [0.4, 0.5) is 0 Å². The normalized spacial score (nSPS) is 13.1. The molecular formula is C10H16N2O2S. The molecule has 0 aliphatic heterocycles. The summed E-state index contributed by atoms with van der Waals surface area (Å²) in [5, 5.41) is 14.9. The molecular weight excluding hydrogens is 212 g/mol. The summed E-state index contributed by atoms with van der Waals surface area (Å²) in [6.07, 6.45) is 0. The third kappa shape index (κ3) is 3.60. The van der Waals surface area contributed by atoms with Gasteiger partial charge in [0.2, 0.25) is 0 Å². The van der Waals surface area contributed by atoms with Crippen LogP contribution in [0, 0.1) is 12.8 Å². The fraction of sp³-hybridized carbons (Fsp3) is 0.600. The maximum absolute atomic E-state index is 10.9. The summed E-state index contributed by atoms with van der Waals surface area (Å²) in [6, 6.07) is -0.507. The van der Waals surface area contributed by atoms with E-state index >= 15 is 0 Å². The van der Waals surface area contributed by atoms with Gasteiger partial charge in [0.15, 0.2) is 0 Å². The van der Waals surface area contributed by atoms with E-state index in [0.717, 1.165) is 10.7 Å². The minimum Gasteiger partial charge on any atom is -0.480 e. The number of aromatic nitrogens is 1. The Hall–Kier alpha value is -0.940. The molecule has 1 rings (SSSR count).